The van der Waals surface area contributed by atoms with Gasteiger partial charge < -0.3 is 0 Å². The Labute approximate surface area is 321 Å². The van der Waals surface area contributed by atoms with Gasteiger partial charge >= 0.3 is 0 Å². The summed E-state index contributed by atoms with van der Waals surface area (Å²) in [4.78, 5) is 7.86. The molecule has 5 rings (SSSR count). The molecule has 0 aliphatic carbocycles. The van der Waals surface area contributed by atoms with Gasteiger partial charge in [-0.15, -0.1) is 11.3 Å². The van der Waals surface area contributed by atoms with E-state index in [4.69, 9.17) is 0 Å². The lowest BCUT2D eigenvalue weighted by atomic mass is 9.94. The van der Waals surface area contributed by atoms with Crippen LogP contribution in [0.3, 0.4) is 0 Å². The Morgan fingerprint density at radius 3 is 1.48 bits per heavy atom. The molecule has 1 aromatic heterocycles. The Morgan fingerprint density at radius 2 is 0.960 bits per heavy atom. The van der Waals surface area contributed by atoms with Gasteiger partial charge in [-0.05, 0) is 115 Å². The molecular weight excluding hydrogens is 681 g/mol. The van der Waals surface area contributed by atoms with Crippen molar-refractivity contribution in [2.45, 2.75) is 135 Å². The predicted molar refractivity (Wildman–Crippen MR) is 226 cm³/mol. The lowest BCUT2D eigenvalue weighted by Crippen LogP contribution is -1.99. The second-order valence-corrected chi connectivity index (χ2v) is 19.6. The van der Waals surface area contributed by atoms with Gasteiger partial charge in [-0.3, -0.25) is 0 Å². The molecule has 2 unspecified atom stereocenters. The van der Waals surface area contributed by atoms with E-state index < -0.39 is 0 Å². The quantitative estimate of drug-likeness (QED) is 0.0780. The van der Waals surface area contributed by atoms with E-state index in [0.717, 1.165) is 23.7 Å². The average Bonchev–Trinajstić information content (AvgIpc) is 3.49. The first-order valence-electron chi connectivity index (χ1n) is 19.0. The van der Waals surface area contributed by atoms with Crippen LogP contribution in [-0.2, 0) is 12.8 Å². The fourth-order valence-corrected chi connectivity index (χ4v) is 10.5. The topological polar surface area (TPSA) is 0 Å². The number of hydrogen-bond donors (Lipinski definition) is 0. The molecular formula is C46H58S4. The first-order chi connectivity index (χ1) is 24.2. The molecule has 2 atom stereocenters. The number of aryl methyl sites for hydroxylation is 2. The molecule has 0 N–H and O–H groups in total. The Balaban J connectivity index is 1.10. The predicted octanol–water partition coefficient (Wildman–Crippen LogP) is 16.1. The summed E-state index contributed by atoms with van der Waals surface area (Å²) < 4.78 is 1.36. The lowest BCUT2D eigenvalue weighted by Gasteiger charge is -2.12. The molecule has 5 aromatic rings. The van der Waals surface area contributed by atoms with Crippen LogP contribution in [0.4, 0.5) is 0 Å². The van der Waals surface area contributed by atoms with Gasteiger partial charge in [0, 0.05) is 44.8 Å². The van der Waals surface area contributed by atoms with E-state index in [-0.39, 0.29) is 0 Å². The summed E-state index contributed by atoms with van der Waals surface area (Å²) in [7, 11) is 0. The van der Waals surface area contributed by atoms with E-state index in [2.05, 4.69) is 138 Å². The molecule has 4 heteroatoms. The Kier molecular flexibility index (Phi) is 15.8. The number of rotatable bonds is 20. The summed E-state index contributed by atoms with van der Waals surface area (Å²) >= 11 is 7.47. The molecule has 0 radical (unpaired) electrons. The summed E-state index contributed by atoms with van der Waals surface area (Å²) in [5.41, 5.74) is 2.92. The van der Waals surface area contributed by atoms with Crippen molar-refractivity contribution < 1.29 is 0 Å². The van der Waals surface area contributed by atoms with Crippen molar-refractivity contribution in [1.29, 1.82) is 0 Å². The second kappa shape index (κ2) is 20.2. The fourth-order valence-electron chi connectivity index (χ4n) is 6.44. The standard InChI is InChI=1S/C46H58S4/c1-33(2)10-7-12-35(5)16-18-37-20-24-39(25-21-37)48-41-14-9-15-42(30-41)50-46-32-47-45-31-43(28-29-44(45)46)49-40-26-22-38(23-27-40)19-17-36(6)13-8-11-34(3)4/h9,14-15,20-36H,7-8,10-13,16-19H2,1-6H3. The van der Waals surface area contributed by atoms with Crippen molar-refractivity contribution in [3.8, 4) is 0 Å². The van der Waals surface area contributed by atoms with E-state index in [0.29, 0.717) is 0 Å². The van der Waals surface area contributed by atoms with Crippen LogP contribution in [0.2, 0.25) is 0 Å². The third-order valence-corrected chi connectivity index (χ3v) is 13.8. The van der Waals surface area contributed by atoms with Gasteiger partial charge in [0.15, 0.2) is 0 Å². The fraction of sp³-hybridized carbons (Fsp3) is 0.435. The van der Waals surface area contributed by atoms with Crippen LogP contribution in [0.25, 0.3) is 10.1 Å². The highest BCUT2D eigenvalue weighted by molar-refractivity contribution is 8.00. The summed E-state index contributed by atoms with van der Waals surface area (Å²) in [6, 6.07) is 34.5. The van der Waals surface area contributed by atoms with E-state index in [1.165, 1.54) is 115 Å². The smallest absolute Gasteiger partial charge is 0.0365 e. The first kappa shape index (κ1) is 39.1. The van der Waals surface area contributed by atoms with Crippen molar-refractivity contribution in [1.82, 2.24) is 0 Å². The SMILES string of the molecule is CC(C)CCCC(C)CCc1ccc(Sc2cccc(Sc3csc4cc(Sc5ccc(CCC(C)CCCC(C)C)cc5)ccc34)c2)cc1. The van der Waals surface area contributed by atoms with Crippen molar-refractivity contribution in [3.63, 3.8) is 0 Å². The highest BCUT2D eigenvalue weighted by Gasteiger charge is 2.10. The van der Waals surface area contributed by atoms with Crippen molar-refractivity contribution in [2.24, 2.45) is 23.7 Å². The minimum Gasteiger partial charge on any atom is -0.143 e. The number of benzene rings is 4. The average molecular weight is 739 g/mol. The van der Waals surface area contributed by atoms with Gasteiger partial charge in [0.05, 0.1) is 0 Å². The monoisotopic (exact) mass is 738 g/mol. The number of hydrogen-bond acceptors (Lipinski definition) is 4. The van der Waals surface area contributed by atoms with Crippen LogP contribution >= 0.6 is 46.6 Å². The summed E-state index contributed by atoms with van der Waals surface area (Å²) in [6.07, 6.45) is 13.1. The minimum atomic E-state index is 0.806. The molecule has 0 saturated heterocycles. The molecule has 266 valence electrons. The molecule has 0 bridgehead atoms. The molecule has 0 aliphatic rings. The molecule has 50 heavy (non-hydrogen) atoms. The molecule has 1 heterocycles. The van der Waals surface area contributed by atoms with Gasteiger partial charge in [-0.2, -0.15) is 0 Å². The van der Waals surface area contributed by atoms with Gasteiger partial charge in [-0.25, -0.2) is 0 Å². The zero-order chi connectivity index (χ0) is 35.3. The largest absolute Gasteiger partial charge is 0.143 e. The molecule has 0 aliphatic heterocycles. The van der Waals surface area contributed by atoms with Gasteiger partial charge in [0.2, 0.25) is 0 Å². The highest BCUT2D eigenvalue weighted by atomic mass is 32.2. The second-order valence-electron chi connectivity index (χ2n) is 15.3. The van der Waals surface area contributed by atoms with Crippen molar-refractivity contribution >= 4 is 56.7 Å². The molecule has 0 saturated carbocycles. The minimum absolute atomic E-state index is 0.806. The van der Waals surface area contributed by atoms with Gasteiger partial charge in [0.25, 0.3) is 0 Å². The molecule has 4 aromatic carbocycles. The zero-order valence-electron chi connectivity index (χ0n) is 31.3. The van der Waals surface area contributed by atoms with Crippen LogP contribution in [0.1, 0.15) is 104 Å². The third kappa shape index (κ3) is 13.1. The van der Waals surface area contributed by atoms with Crippen LogP contribution in [-0.4, -0.2) is 0 Å². The zero-order valence-corrected chi connectivity index (χ0v) is 34.5. The molecule has 0 spiro atoms. The normalized spacial score (nSPS) is 13.0. The van der Waals surface area contributed by atoms with E-state index >= 15 is 0 Å². The lowest BCUT2D eigenvalue weighted by molar-refractivity contribution is 0.437. The van der Waals surface area contributed by atoms with Gasteiger partial charge in [0.1, 0.15) is 0 Å². The number of thiophene rings is 1. The van der Waals surface area contributed by atoms with Crippen LogP contribution in [0.15, 0.2) is 126 Å². The van der Waals surface area contributed by atoms with Crippen LogP contribution in [0.5, 0.6) is 0 Å². The first-order valence-corrected chi connectivity index (χ1v) is 22.4. The highest BCUT2D eigenvalue weighted by Crippen LogP contribution is 2.41. The Morgan fingerprint density at radius 1 is 0.480 bits per heavy atom. The molecule has 0 nitrogen and oxygen atoms in total. The number of fused-ring (bicyclic) bond motifs is 1. The summed E-state index contributed by atoms with van der Waals surface area (Å²) in [6.45, 7) is 14.2. The van der Waals surface area contributed by atoms with Gasteiger partial charge in [-0.1, -0.05) is 152 Å². The van der Waals surface area contributed by atoms with Crippen molar-refractivity contribution in [2.75, 3.05) is 0 Å². The molecule has 0 fully saturated rings. The maximum Gasteiger partial charge on any atom is 0.0365 e. The van der Waals surface area contributed by atoms with Crippen LogP contribution in [0, 0.1) is 23.7 Å². The summed E-state index contributed by atoms with van der Waals surface area (Å²) in [5.74, 6) is 3.26. The van der Waals surface area contributed by atoms with Crippen molar-refractivity contribution in [3.05, 3.63) is 108 Å². The molecule has 0 amide bonds. The summed E-state index contributed by atoms with van der Waals surface area (Å²) in [5, 5.41) is 3.68. The third-order valence-electron chi connectivity index (χ3n) is 9.67. The Bertz CT molecular complexity index is 1710. The van der Waals surface area contributed by atoms with Crippen LogP contribution < -0.4 is 0 Å². The Hall–Kier alpha value is -2.11. The maximum atomic E-state index is 2.42. The van der Waals surface area contributed by atoms with E-state index in [1.54, 1.807) is 0 Å². The van der Waals surface area contributed by atoms with E-state index in [1.807, 2.05) is 46.6 Å². The van der Waals surface area contributed by atoms with E-state index in [9.17, 15) is 0 Å². The maximum absolute atomic E-state index is 2.42.